The Kier molecular flexibility index (Phi) is 4.54. The van der Waals surface area contributed by atoms with Gasteiger partial charge in [-0.25, -0.2) is 12.8 Å². The second-order valence-corrected chi connectivity index (χ2v) is 6.50. The van der Waals surface area contributed by atoms with E-state index in [0.29, 0.717) is 13.1 Å². The van der Waals surface area contributed by atoms with Gasteiger partial charge in [0, 0.05) is 19.1 Å². The minimum Gasteiger partial charge on any atom is -0.315 e. The molecule has 0 aromatic heterocycles. The van der Waals surface area contributed by atoms with Gasteiger partial charge in [0.05, 0.1) is 0 Å². The minimum absolute atomic E-state index is 0.0941. The first-order valence-electron chi connectivity index (χ1n) is 6.54. The minimum atomic E-state index is -3.76. The quantitative estimate of drug-likeness (QED) is 0.914. The molecule has 1 saturated heterocycles. The molecule has 0 bridgehead atoms. The van der Waals surface area contributed by atoms with Crippen LogP contribution < -0.4 is 5.32 Å². The van der Waals surface area contributed by atoms with E-state index in [2.05, 4.69) is 5.32 Å². The topological polar surface area (TPSA) is 49.4 Å². The number of hydrogen-bond acceptors (Lipinski definition) is 3. The molecule has 6 heteroatoms. The Hall–Kier alpha value is -0.980. The molecule has 4 nitrogen and oxygen atoms in total. The molecule has 2 rings (SSSR count). The van der Waals surface area contributed by atoms with Crippen molar-refractivity contribution in [2.45, 2.75) is 30.7 Å². The van der Waals surface area contributed by atoms with Crippen molar-refractivity contribution in [1.82, 2.24) is 9.62 Å². The largest absolute Gasteiger partial charge is 0.315 e. The molecular formula is C13H19FN2O2S. The average Bonchev–Trinajstić information content (AvgIpc) is 2.40. The van der Waals surface area contributed by atoms with E-state index in [0.717, 1.165) is 19.4 Å². The van der Waals surface area contributed by atoms with Crippen LogP contribution in [0.3, 0.4) is 0 Å². The summed E-state index contributed by atoms with van der Waals surface area (Å²) in [5.41, 5.74) is 0. The fourth-order valence-electron chi connectivity index (χ4n) is 2.48. The molecular weight excluding hydrogens is 267 g/mol. The fourth-order valence-corrected chi connectivity index (χ4v) is 4.21. The molecule has 1 unspecified atom stereocenters. The van der Waals surface area contributed by atoms with E-state index in [1.807, 2.05) is 0 Å². The van der Waals surface area contributed by atoms with E-state index < -0.39 is 15.8 Å². The lowest BCUT2D eigenvalue weighted by Gasteiger charge is -2.33. The molecule has 0 radical (unpaired) electrons. The van der Waals surface area contributed by atoms with Gasteiger partial charge in [-0.2, -0.15) is 4.31 Å². The van der Waals surface area contributed by atoms with Crippen molar-refractivity contribution in [2.24, 2.45) is 0 Å². The first-order chi connectivity index (χ1) is 9.07. The first-order valence-corrected chi connectivity index (χ1v) is 7.98. The zero-order chi connectivity index (χ0) is 13.9. The van der Waals surface area contributed by atoms with E-state index in [-0.39, 0.29) is 10.9 Å². The molecule has 1 aliphatic rings. The van der Waals surface area contributed by atoms with Crippen LogP contribution in [0.1, 0.15) is 19.8 Å². The SMILES string of the molecule is CCN(C1CCCNC1)S(=O)(=O)c1ccccc1F. The summed E-state index contributed by atoms with van der Waals surface area (Å²) in [6, 6.07) is 5.45. The van der Waals surface area contributed by atoms with Gasteiger partial charge in [-0.1, -0.05) is 19.1 Å². The Bertz CT molecular complexity index is 527. The summed E-state index contributed by atoms with van der Waals surface area (Å²) in [6.07, 6.45) is 1.75. The van der Waals surface area contributed by atoms with E-state index in [1.54, 1.807) is 13.0 Å². The summed E-state index contributed by atoms with van der Waals surface area (Å²) in [5, 5.41) is 3.19. The molecule has 1 heterocycles. The van der Waals surface area contributed by atoms with E-state index in [9.17, 15) is 12.8 Å². The Balaban J connectivity index is 2.33. The normalized spacial score (nSPS) is 20.7. The summed E-state index contributed by atoms with van der Waals surface area (Å²) in [6.45, 7) is 3.67. The van der Waals surface area contributed by atoms with Crippen molar-refractivity contribution in [3.63, 3.8) is 0 Å². The van der Waals surface area contributed by atoms with Gasteiger partial charge in [-0.3, -0.25) is 0 Å². The van der Waals surface area contributed by atoms with Crippen LogP contribution in [0.5, 0.6) is 0 Å². The number of likely N-dealkylation sites (N-methyl/N-ethyl adjacent to an activating group) is 1. The Morgan fingerprint density at radius 1 is 1.42 bits per heavy atom. The van der Waals surface area contributed by atoms with Gasteiger partial charge in [0.2, 0.25) is 10.0 Å². The number of nitrogens with zero attached hydrogens (tertiary/aromatic N) is 1. The zero-order valence-corrected chi connectivity index (χ0v) is 11.8. The number of hydrogen-bond donors (Lipinski definition) is 1. The van der Waals surface area contributed by atoms with Crippen molar-refractivity contribution in [3.8, 4) is 0 Å². The lowest BCUT2D eigenvalue weighted by atomic mass is 10.1. The summed E-state index contributed by atoms with van der Waals surface area (Å²) in [7, 11) is -3.76. The summed E-state index contributed by atoms with van der Waals surface area (Å²) >= 11 is 0. The molecule has 106 valence electrons. The standard InChI is InChI=1S/C13H19FN2O2S/c1-2-16(11-6-5-9-15-10-11)19(17,18)13-8-4-3-7-12(13)14/h3-4,7-8,11,15H,2,5-6,9-10H2,1H3. The maximum absolute atomic E-state index is 13.7. The number of halogens is 1. The van der Waals surface area contributed by atoms with Crippen LogP contribution in [0.15, 0.2) is 29.2 Å². The fraction of sp³-hybridized carbons (Fsp3) is 0.538. The molecule has 1 aromatic carbocycles. The van der Waals surface area contributed by atoms with Crippen LogP contribution in [0.4, 0.5) is 4.39 Å². The summed E-state index contributed by atoms with van der Waals surface area (Å²) in [4.78, 5) is -0.234. The predicted octanol–water partition coefficient (Wildman–Crippen LogP) is 1.59. The monoisotopic (exact) mass is 286 g/mol. The summed E-state index contributed by atoms with van der Waals surface area (Å²) < 4.78 is 40.2. The lowest BCUT2D eigenvalue weighted by Crippen LogP contribution is -2.48. The van der Waals surface area contributed by atoms with Crippen LogP contribution in [-0.4, -0.2) is 38.4 Å². The van der Waals surface area contributed by atoms with Crippen molar-refractivity contribution >= 4 is 10.0 Å². The molecule has 0 amide bonds. The third kappa shape index (κ3) is 2.96. The van der Waals surface area contributed by atoms with Crippen LogP contribution in [0.2, 0.25) is 0 Å². The summed E-state index contributed by atoms with van der Waals surface area (Å²) in [5.74, 6) is -0.690. The molecule has 1 aromatic rings. The highest BCUT2D eigenvalue weighted by atomic mass is 32.2. The van der Waals surface area contributed by atoms with E-state index in [4.69, 9.17) is 0 Å². The van der Waals surface area contributed by atoms with Crippen LogP contribution in [-0.2, 0) is 10.0 Å². The van der Waals surface area contributed by atoms with Crippen molar-refractivity contribution in [3.05, 3.63) is 30.1 Å². The van der Waals surface area contributed by atoms with Gasteiger partial charge in [0.25, 0.3) is 0 Å². The molecule has 1 fully saturated rings. The number of nitrogens with one attached hydrogen (secondary N) is 1. The van der Waals surface area contributed by atoms with Crippen molar-refractivity contribution in [2.75, 3.05) is 19.6 Å². The highest BCUT2D eigenvalue weighted by Crippen LogP contribution is 2.23. The second kappa shape index (κ2) is 5.98. The second-order valence-electron chi connectivity index (χ2n) is 4.64. The third-order valence-corrected chi connectivity index (χ3v) is 5.47. The number of benzene rings is 1. The molecule has 0 aliphatic carbocycles. The van der Waals surface area contributed by atoms with Gasteiger partial charge in [0.1, 0.15) is 10.7 Å². The van der Waals surface area contributed by atoms with Gasteiger partial charge in [-0.05, 0) is 31.5 Å². The van der Waals surface area contributed by atoms with E-state index >= 15 is 0 Å². The highest BCUT2D eigenvalue weighted by Gasteiger charge is 2.32. The third-order valence-electron chi connectivity index (χ3n) is 3.41. The first kappa shape index (κ1) is 14.4. The lowest BCUT2D eigenvalue weighted by molar-refractivity contribution is 0.273. The highest BCUT2D eigenvalue weighted by molar-refractivity contribution is 7.89. The Labute approximate surface area is 113 Å². The van der Waals surface area contributed by atoms with Crippen LogP contribution in [0, 0.1) is 5.82 Å². The number of piperidine rings is 1. The van der Waals surface area contributed by atoms with Crippen molar-refractivity contribution < 1.29 is 12.8 Å². The zero-order valence-electron chi connectivity index (χ0n) is 11.0. The van der Waals surface area contributed by atoms with Crippen LogP contribution in [0.25, 0.3) is 0 Å². The van der Waals surface area contributed by atoms with Crippen LogP contribution >= 0.6 is 0 Å². The van der Waals surface area contributed by atoms with Gasteiger partial charge in [-0.15, -0.1) is 0 Å². The maximum atomic E-state index is 13.7. The maximum Gasteiger partial charge on any atom is 0.246 e. The molecule has 0 spiro atoms. The van der Waals surface area contributed by atoms with E-state index in [1.165, 1.54) is 22.5 Å². The molecule has 19 heavy (non-hydrogen) atoms. The Morgan fingerprint density at radius 2 is 2.16 bits per heavy atom. The van der Waals surface area contributed by atoms with Gasteiger partial charge >= 0.3 is 0 Å². The predicted molar refractivity (Wildman–Crippen MR) is 71.9 cm³/mol. The number of rotatable bonds is 4. The Morgan fingerprint density at radius 3 is 2.74 bits per heavy atom. The van der Waals surface area contributed by atoms with Crippen molar-refractivity contribution in [1.29, 1.82) is 0 Å². The number of sulfonamides is 1. The molecule has 0 saturated carbocycles. The average molecular weight is 286 g/mol. The van der Waals surface area contributed by atoms with Gasteiger partial charge < -0.3 is 5.32 Å². The smallest absolute Gasteiger partial charge is 0.246 e. The molecule has 1 N–H and O–H groups in total. The molecule has 1 atom stereocenters. The molecule has 1 aliphatic heterocycles. The van der Waals surface area contributed by atoms with Gasteiger partial charge in [0.15, 0.2) is 0 Å².